The first kappa shape index (κ1) is 10.0. The molecule has 0 bridgehead atoms. The fourth-order valence-corrected chi connectivity index (χ4v) is 2.53. The lowest BCUT2D eigenvalue weighted by Gasteiger charge is -2.13. The average Bonchev–Trinajstić information content (AvgIpc) is 2.68. The minimum absolute atomic E-state index is 0.527. The predicted octanol–water partition coefficient (Wildman–Crippen LogP) is 0.928. The Morgan fingerprint density at radius 1 is 1.64 bits per heavy atom. The van der Waals surface area contributed by atoms with E-state index in [0.29, 0.717) is 12.6 Å². The fraction of sp³-hybridized carbons (Fsp3) is 0.778. The van der Waals surface area contributed by atoms with E-state index in [4.69, 9.17) is 9.47 Å². The van der Waals surface area contributed by atoms with Gasteiger partial charge in [-0.15, -0.1) is 0 Å². The van der Waals surface area contributed by atoms with E-state index in [1.807, 2.05) is 6.20 Å². The highest BCUT2D eigenvalue weighted by atomic mass is 32.1. The molecule has 0 amide bonds. The number of rotatable bonds is 3. The molecule has 1 fully saturated rings. The number of nitrogens with zero attached hydrogens (tertiary/aromatic N) is 2. The topological polar surface area (TPSA) is 35.2 Å². The lowest BCUT2D eigenvalue weighted by atomic mass is 10.1. The summed E-state index contributed by atoms with van der Waals surface area (Å²) in [6.07, 6.45) is 4.04. The molecule has 14 heavy (non-hydrogen) atoms. The third-order valence-electron chi connectivity index (χ3n) is 2.32. The van der Waals surface area contributed by atoms with Gasteiger partial charge in [0.1, 0.15) is 11.1 Å². The quantitative estimate of drug-likeness (QED) is 0.704. The van der Waals surface area contributed by atoms with Crippen molar-refractivity contribution in [1.29, 1.82) is 0 Å². The van der Waals surface area contributed by atoms with Crippen LogP contribution >= 0.6 is 11.5 Å². The summed E-state index contributed by atoms with van der Waals surface area (Å²) in [6, 6.07) is 0.527. The molecule has 5 heteroatoms. The molecule has 1 saturated heterocycles. The zero-order valence-corrected chi connectivity index (χ0v) is 9.13. The second-order valence-electron chi connectivity index (χ2n) is 3.38. The summed E-state index contributed by atoms with van der Waals surface area (Å²) in [6.45, 7) is 2.38. The normalized spacial score (nSPS) is 18.6. The number of hydrogen-bond donors (Lipinski definition) is 0. The molecule has 0 unspecified atom stereocenters. The monoisotopic (exact) mass is 215 g/mol. The number of hydrogen-bond acceptors (Lipinski definition) is 4. The van der Waals surface area contributed by atoms with E-state index in [-0.39, 0.29) is 0 Å². The van der Waals surface area contributed by atoms with Crippen LogP contribution in [0.25, 0.3) is 0 Å². The fourth-order valence-electron chi connectivity index (χ4n) is 1.57. The average molecular weight is 215 g/mol. The Labute approximate surface area is 87.6 Å². The molecule has 78 valence electrons. The molecule has 4 nitrogen and oxygen atoms in total. The van der Waals surface area contributed by atoms with Gasteiger partial charge in [-0.2, -0.15) is 0 Å². The Balaban J connectivity index is 2.00. The van der Waals surface area contributed by atoms with Gasteiger partial charge in [-0.05, 0) is 4.07 Å². The van der Waals surface area contributed by atoms with Crippen LogP contribution in [0.4, 0.5) is 0 Å². The minimum Gasteiger partial charge on any atom is -0.381 e. The molecule has 0 radical (unpaired) electrons. The van der Waals surface area contributed by atoms with Crippen LogP contribution in [0.3, 0.4) is 0 Å². The third-order valence-corrected chi connectivity index (χ3v) is 3.35. The SMILES string of the molecule is COCc1cn[n+](C2CCOCC2)s1. The lowest BCUT2D eigenvalue weighted by Crippen LogP contribution is -2.41. The van der Waals surface area contributed by atoms with Crippen molar-refractivity contribution in [3.8, 4) is 0 Å². The van der Waals surface area contributed by atoms with Crippen molar-refractivity contribution in [3.05, 3.63) is 11.1 Å². The summed E-state index contributed by atoms with van der Waals surface area (Å²) in [7, 11) is 1.71. The maximum atomic E-state index is 5.31. The Kier molecular flexibility index (Phi) is 3.44. The van der Waals surface area contributed by atoms with Crippen LogP contribution in [-0.2, 0) is 16.1 Å². The zero-order chi connectivity index (χ0) is 9.80. The molecule has 0 N–H and O–H groups in total. The Morgan fingerprint density at radius 2 is 2.43 bits per heavy atom. The summed E-state index contributed by atoms with van der Waals surface area (Å²) in [5.41, 5.74) is 0. The van der Waals surface area contributed by atoms with Gasteiger partial charge in [0.05, 0.1) is 19.8 Å². The molecule has 1 aliphatic heterocycles. The van der Waals surface area contributed by atoms with Crippen molar-refractivity contribution in [1.82, 2.24) is 5.10 Å². The van der Waals surface area contributed by atoms with Crippen molar-refractivity contribution >= 4 is 11.5 Å². The highest BCUT2D eigenvalue weighted by Gasteiger charge is 2.26. The number of methoxy groups -OCH3 is 1. The van der Waals surface area contributed by atoms with Gasteiger partial charge in [0.25, 0.3) is 0 Å². The third kappa shape index (κ3) is 2.29. The van der Waals surface area contributed by atoms with Gasteiger partial charge in [0, 0.05) is 25.1 Å². The van der Waals surface area contributed by atoms with Crippen molar-refractivity contribution in [2.75, 3.05) is 20.3 Å². The molecule has 2 rings (SSSR count). The van der Waals surface area contributed by atoms with Gasteiger partial charge in [-0.3, -0.25) is 0 Å². The first-order chi connectivity index (χ1) is 6.90. The molecular weight excluding hydrogens is 200 g/mol. The van der Waals surface area contributed by atoms with Gasteiger partial charge in [0.15, 0.2) is 11.5 Å². The minimum atomic E-state index is 0.527. The van der Waals surface area contributed by atoms with Gasteiger partial charge in [-0.25, -0.2) is 0 Å². The van der Waals surface area contributed by atoms with E-state index in [2.05, 4.69) is 9.17 Å². The van der Waals surface area contributed by atoms with Crippen molar-refractivity contribution in [2.24, 2.45) is 0 Å². The van der Waals surface area contributed by atoms with Crippen LogP contribution in [0.2, 0.25) is 0 Å². The van der Waals surface area contributed by atoms with Crippen LogP contribution in [0.5, 0.6) is 0 Å². The summed E-state index contributed by atoms with van der Waals surface area (Å²) >= 11 is 1.69. The molecular formula is C9H15N2O2S+. The van der Waals surface area contributed by atoms with Gasteiger partial charge in [-0.1, -0.05) is 0 Å². The zero-order valence-electron chi connectivity index (χ0n) is 8.31. The van der Waals surface area contributed by atoms with Crippen LogP contribution in [0, 0.1) is 0 Å². The Hall–Kier alpha value is -0.520. The first-order valence-corrected chi connectivity index (χ1v) is 5.61. The second-order valence-corrected chi connectivity index (χ2v) is 4.46. The molecule has 0 spiro atoms. The highest BCUT2D eigenvalue weighted by Crippen LogP contribution is 2.16. The van der Waals surface area contributed by atoms with Crippen molar-refractivity contribution in [2.45, 2.75) is 25.5 Å². The molecule has 0 saturated carbocycles. The summed E-state index contributed by atoms with van der Waals surface area (Å²) in [4.78, 5) is 1.18. The lowest BCUT2D eigenvalue weighted by molar-refractivity contribution is -0.718. The smallest absolute Gasteiger partial charge is 0.203 e. The molecule has 0 aromatic carbocycles. The van der Waals surface area contributed by atoms with E-state index in [1.54, 1.807) is 18.6 Å². The molecule has 0 atom stereocenters. The van der Waals surface area contributed by atoms with Crippen molar-refractivity contribution in [3.63, 3.8) is 0 Å². The summed E-state index contributed by atoms with van der Waals surface area (Å²) in [5, 5.41) is 4.36. The van der Waals surface area contributed by atoms with Gasteiger partial charge < -0.3 is 9.47 Å². The second kappa shape index (κ2) is 4.82. The standard InChI is InChI=1S/C9H15N2O2S/c1-12-7-9-6-10-11(14-9)8-2-4-13-5-3-8/h6,8H,2-5,7H2,1H3/q+1. The maximum Gasteiger partial charge on any atom is 0.203 e. The number of aromatic nitrogens is 2. The molecule has 1 aliphatic rings. The Morgan fingerprint density at radius 3 is 3.14 bits per heavy atom. The van der Waals surface area contributed by atoms with Crippen molar-refractivity contribution < 1.29 is 13.5 Å². The van der Waals surface area contributed by atoms with E-state index in [1.165, 1.54) is 4.88 Å². The summed E-state index contributed by atoms with van der Waals surface area (Å²) < 4.78 is 12.5. The van der Waals surface area contributed by atoms with E-state index in [0.717, 1.165) is 26.1 Å². The molecule has 2 heterocycles. The number of ether oxygens (including phenoxy) is 2. The van der Waals surface area contributed by atoms with E-state index in [9.17, 15) is 0 Å². The maximum absolute atomic E-state index is 5.31. The van der Waals surface area contributed by atoms with Crippen LogP contribution in [-0.4, -0.2) is 25.4 Å². The van der Waals surface area contributed by atoms with E-state index < -0.39 is 0 Å². The van der Waals surface area contributed by atoms with Gasteiger partial charge >= 0.3 is 0 Å². The van der Waals surface area contributed by atoms with Crippen LogP contribution < -0.4 is 4.07 Å². The van der Waals surface area contributed by atoms with Crippen LogP contribution in [0.15, 0.2) is 6.20 Å². The Bertz CT molecular complexity index is 284. The molecule has 0 aliphatic carbocycles. The molecule has 1 aromatic rings. The predicted molar refractivity (Wildman–Crippen MR) is 52.1 cm³/mol. The van der Waals surface area contributed by atoms with Crippen LogP contribution in [0.1, 0.15) is 23.8 Å². The highest BCUT2D eigenvalue weighted by molar-refractivity contribution is 7.01. The molecule has 1 aromatic heterocycles. The van der Waals surface area contributed by atoms with Gasteiger partial charge in [0.2, 0.25) is 6.04 Å². The first-order valence-electron chi connectivity index (χ1n) is 4.84. The summed E-state index contributed by atoms with van der Waals surface area (Å²) in [5.74, 6) is 0. The largest absolute Gasteiger partial charge is 0.381 e. The van der Waals surface area contributed by atoms with E-state index >= 15 is 0 Å².